The van der Waals surface area contributed by atoms with E-state index >= 15 is 0 Å². The molecule has 2 aromatic rings. The Balaban J connectivity index is 2.15. The number of nitrogens with one attached hydrogen (secondary N) is 1. The molecule has 1 heterocycles. The predicted molar refractivity (Wildman–Crippen MR) is 93.2 cm³/mol. The van der Waals surface area contributed by atoms with Gasteiger partial charge in [0.1, 0.15) is 0 Å². The first-order valence-electron chi connectivity index (χ1n) is 7.38. The summed E-state index contributed by atoms with van der Waals surface area (Å²) in [7, 11) is -3.53. The van der Waals surface area contributed by atoms with Crippen molar-refractivity contribution in [2.24, 2.45) is 0 Å². The van der Waals surface area contributed by atoms with E-state index in [1.54, 1.807) is 32.0 Å². The second kappa shape index (κ2) is 7.72. The van der Waals surface area contributed by atoms with Gasteiger partial charge in [0.25, 0.3) is 0 Å². The van der Waals surface area contributed by atoms with Gasteiger partial charge in [-0.3, -0.25) is 4.79 Å². The van der Waals surface area contributed by atoms with E-state index in [9.17, 15) is 13.2 Å². The number of benzene rings is 1. The standard InChI is InChI=1S/C16H20N2O3S2/c1-3-18(4-2)23(20,21)15-7-5-6-14(11-15)17-16(19)10-13-8-9-22-12-13/h5-9,11-12H,3-4,10H2,1-2H3,(H,17,19). The summed E-state index contributed by atoms with van der Waals surface area (Å²) in [5.41, 5.74) is 1.43. The summed E-state index contributed by atoms with van der Waals surface area (Å²) in [6.45, 7) is 4.42. The summed E-state index contributed by atoms with van der Waals surface area (Å²) >= 11 is 1.54. The van der Waals surface area contributed by atoms with Gasteiger partial charge in [-0.05, 0) is 40.6 Å². The highest BCUT2D eigenvalue weighted by atomic mass is 32.2. The first-order chi connectivity index (χ1) is 11.0. The Labute approximate surface area is 141 Å². The molecule has 0 spiro atoms. The zero-order valence-electron chi connectivity index (χ0n) is 13.2. The minimum absolute atomic E-state index is 0.166. The molecular formula is C16H20N2O3S2. The fourth-order valence-electron chi connectivity index (χ4n) is 2.23. The maximum absolute atomic E-state index is 12.5. The average Bonchev–Trinajstić information content (AvgIpc) is 3.01. The molecule has 124 valence electrons. The van der Waals surface area contributed by atoms with Gasteiger partial charge in [-0.15, -0.1) is 0 Å². The molecule has 23 heavy (non-hydrogen) atoms. The Morgan fingerprint density at radius 1 is 1.22 bits per heavy atom. The predicted octanol–water partition coefficient (Wildman–Crippen LogP) is 2.96. The van der Waals surface area contributed by atoms with Crippen molar-refractivity contribution in [3.63, 3.8) is 0 Å². The highest BCUT2D eigenvalue weighted by Gasteiger charge is 2.21. The lowest BCUT2D eigenvalue weighted by molar-refractivity contribution is -0.115. The highest BCUT2D eigenvalue weighted by molar-refractivity contribution is 7.89. The summed E-state index contributed by atoms with van der Waals surface area (Å²) in [5.74, 6) is -0.166. The van der Waals surface area contributed by atoms with Crippen LogP contribution in [-0.2, 0) is 21.2 Å². The molecule has 0 aliphatic rings. The number of amides is 1. The Morgan fingerprint density at radius 2 is 1.96 bits per heavy atom. The first-order valence-corrected chi connectivity index (χ1v) is 9.76. The fourth-order valence-corrected chi connectivity index (χ4v) is 4.40. The van der Waals surface area contributed by atoms with Crippen molar-refractivity contribution in [3.05, 3.63) is 46.7 Å². The molecule has 0 unspecified atom stereocenters. The molecule has 0 aliphatic heterocycles. The molecule has 0 aliphatic carbocycles. The van der Waals surface area contributed by atoms with Crippen molar-refractivity contribution in [2.45, 2.75) is 25.2 Å². The van der Waals surface area contributed by atoms with E-state index in [4.69, 9.17) is 0 Å². The van der Waals surface area contributed by atoms with Gasteiger partial charge in [-0.1, -0.05) is 19.9 Å². The van der Waals surface area contributed by atoms with Crippen molar-refractivity contribution in [2.75, 3.05) is 18.4 Å². The van der Waals surface area contributed by atoms with Gasteiger partial charge in [-0.25, -0.2) is 8.42 Å². The molecule has 1 aromatic carbocycles. The fraction of sp³-hybridized carbons (Fsp3) is 0.312. The van der Waals surface area contributed by atoms with Gasteiger partial charge in [-0.2, -0.15) is 15.6 Å². The van der Waals surface area contributed by atoms with E-state index < -0.39 is 10.0 Å². The topological polar surface area (TPSA) is 66.5 Å². The van der Waals surface area contributed by atoms with Crippen LogP contribution in [0.5, 0.6) is 0 Å². The Bertz CT molecular complexity index is 751. The van der Waals surface area contributed by atoms with Crippen molar-refractivity contribution >= 4 is 33.0 Å². The lowest BCUT2D eigenvalue weighted by Crippen LogP contribution is -2.30. The number of rotatable bonds is 7. The number of anilines is 1. The number of carbonyl (C=O) groups is 1. The van der Waals surface area contributed by atoms with Gasteiger partial charge in [0.2, 0.25) is 15.9 Å². The molecule has 2 rings (SSSR count). The molecule has 0 bridgehead atoms. The molecule has 1 amide bonds. The summed E-state index contributed by atoms with van der Waals surface area (Å²) < 4.78 is 26.4. The first kappa shape index (κ1) is 17.7. The molecule has 0 saturated carbocycles. The normalized spacial score (nSPS) is 11.6. The van der Waals surface area contributed by atoms with Crippen LogP contribution in [0.25, 0.3) is 0 Å². The van der Waals surface area contributed by atoms with Crippen LogP contribution < -0.4 is 5.32 Å². The molecule has 5 nitrogen and oxygen atoms in total. The van der Waals surface area contributed by atoms with Crippen LogP contribution >= 0.6 is 11.3 Å². The highest BCUT2D eigenvalue weighted by Crippen LogP contribution is 2.20. The van der Waals surface area contributed by atoms with Gasteiger partial charge in [0.15, 0.2) is 0 Å². The number of nitrogens with zero attached hydrogens (tertiary/aromatic N) is 1. The average molecular weight is 352 g/mol. The molecule has 1 N–H and O–H groups in total. The van der Waals surface area contributed by atoms with Gasteiger partial charge < -0.3 is 5.32 Å². The van der Waals surface area contributed by atoms with E-state index in [0.717, 1.165) is 5.56 Å². The minimum atomic E-state index is -3.53. The molecule has 0 fully saturated rings. The Hall–Kier alpha value is -1.70. The van der Waals surface area contributed by atoms with Gasteiger partial charge >= 0.3 is 0 Å². The van der Waals surface area contributed by atoms with Crippen LogP contribution in [0.3, 0.4) is 0 Å². The number of carbonyl (C=O) groups excluding carboxylic acids is 1. The molecule has 0 atom stereocenters. The summed E-state index contributed by atoms with van der Waals surface area (Å²) in [6.07, 6.45) is 0.274. The number of sulfonamides is 1. The van der Waals surface area contributed by atoms with Gasteiger partial charge in [0, 0.05) is 18.8 Å². The SMILES string of the molecule is CCN(CC)S(=O)(=O)c1cccc(NC(=O)Cc2ccsc2)c1. The second-order valence-electron chi connectivity index (χ2n) is 4.97. The van der Waals surface area contributed by atoms with Crippen LogP contribution in [0.1, 0.15) is 19.4 Å². The lowest BCUT2D eigenvalue weighted by Gasteiger charge is -2.18. The quantitative estimate of drug-likeness (QED) is 0.833. The summed E-state index contributed by atoms with van der Waals surface area (Å²) in [4.78, 5) is 12.2. The minimum Gasteiger partial charge on any atom is -0.326 e. The zero-order chi connectivity index (χ0) is 16.9. The van der Waals surface area contributed by atoms with E-state index in [0.29, 0.717) is 18.8 Å². The summed E-state index contributed by atoms with van der Waals surface area (Å²) in [5, 5.41) is 6.58. The largest absolute Gasteiger partial charge is 0.326 e. The van der Waals surface area contributed by atoms with Crippen LogP contribution in [0.15, 0.2) is 46.0 Å². The third kappa shape index (κ3) is 4.40. The van der Waals surface area contributed by atoms with Crippen molar-refractivity contribution in [1.29, 1.82) is 0 Å². The van der Waals surface area contributed by atoms with Crippen LogP contribution in [0.2, 0.25) is 0 Å². The third-order valence-corrected chi connectivity index (χ3v) is 6.18. The monoisotopic (exact) mass is 352 g/mol. The zero-order valence-corrected chi connectivity index (χ0v) is 14.8. The molecule has 0 radical (unpaired) electrons. The number of thiophene rings is 1. The van der Waals surface area contributed by atoms with E-state index in [-0.39, 0.29) is 17.2 Å². The van der Waals surface area contributed by atoms with Gasteiger partial charge in [0.05, 0.1) is 11.3 Å². The van der Waals surface area contributed by atoms with E-state index in [2.05, 4.69) is 5.32 Å². The second-order valence-corrected chi connectivity index (χ2v) is 7.69. The van der Waals surface area contributed by atoms with Crippen LogP contribution in [0, 0.1) is 0 Å². The Kier molecular flexibility index (Phi) is 5.92. The molecule has 0 saturated heterocycles. The maximum Gasteiger partial charge on any atom is 0.243 e. The number of hydrogen-bond acceptors (Lipinski definition) is 4. The molecule has 7 heteroatoms. The molecular weight excluding hydrogens is 332 g/mol. The van der Waals surface area contributed by atoms with Crippen molar-refractivity contribution < 1.29 is 13.2 Å². The van der Waals surface area contributed by atoms with Crippen LogP contribution in [0.4, 0.5) is 5.69 Å². The van der Waals surface area contributed by atoms with E-state index in [1.165, 1.54) is 21.7 Å². The van der Waals surface area contributed by atoms with Crippen molar-refractivity contribution in [3.8, 4) is 0 Å². The Morgan fingerprint density at radius 3 is 2.57 bits per heavy atom. The smallest absolute Gasteiger partial charge is 0.243 e. The van der Waals surface area contributed by atoms with Crippen LogP contribution in [-0.4, -0.2) is 31.7 Å². The lowest BCUT2D eigenvalue weighted by atomic mass is 10.2. The van der Waals surface area contributed by atoms with Crippen molar-refractivity contribution in [1.82, 2.24) is 4.31 Å². The third-order valence-electron chi connectivity index (χ3n) is 3.41. The van der Waals surface area contributed by atoms with E-state index in [1.807, 2.05) is 16.8 Å². The summed E-state index contributed by atoms with van der Waals surface area (Å²) in [6, 6.07) is 8.26. The number of hydrogen-bond donors (Lipinski definition) is 1. The maximum atomic E-state index is 12.5. The molecule has 1 aromatic heterocycles.